The predicted molar refractivity (Wildman–Crippen MR) is 319 cm³/mol. The fourth-order valence-corrected chi connectivity index (χ4v) is 15.2. The molecule has 74 heavy (non-hydrogen) atoms. The Bertz CT molecular complexity index is 3270. The molecule has 3 aliphatic carbocycles. The minimum Gasteiger partial charge on any atom is -0.474 e. The van der Waals surface area contributed by atoms with Gasteiger partial charge in [0.25, 0.3) is 6.71 Å². The lowest BCUT2D eigenvalue weighted by Crippen LogP contribution is -2.60. The Kier molecular flexibility index (Phi) is 11.4. The second kappa shape index (κ2) is 16.4. The highest BCUT2D eigenvalue weighted by atomic mass is 16.3. The van der Waals surface area contributed by atoms with E-state index in [2.05, 4.69) is 222 Å². The van der Waals surface area contributed by atoms with Gasteiger partial charge in [-0.1, -0.05) is 191 Å². The molecule has 6 aromatic rings. The van der Waals surface area contributed by atoms with Crippen LogP contribution in [-0.2, 0) is 49.7 Å². The van der Waals surface area contributed by atoms with E-state index < -0.39 is 0 Å². The average Bonchev–Trinajstić information content (AvgIpc) is 3.71. The fraction of sp³-hybridized carbons (Fsp3) is 0.521. The summed E-state index contributed by atoms with van der Waals surface area (Å²) in [6, 6.07) is 32.7. The van der Waals surface area contributed by atoms with Gasteiger partial charge in [0, 0.05) is 34.0 Å². The number of hydrogen-bond donors (Lipinski definition) is 0. The molecule has 5 aromatic carbocycles. The Morgan fingerprint density at radius 2 is 1.11 bits per heavy atom. The van der Waals surface area contributed by atoms with Crippen molar-refractivity contribution < 1.29 is 4.42 Å². The second-order valence-corrected chi connectivity index (χ2v) is 30.6. The lowest BCUT2D eigenvalue weighted by atomic mass is 9.34. The first-order chi connectivity index (χ1) is 34.2. The zero-order valence-corrected chi connectivity index (χ0v) is 49.7. The second-order valence-electron chi connectivity index (χ2n) is 30.6. The molecule has 0 amide bonds. The Labute approximate surface area is 449 Å². The summed E-state index contributed by atoms with van der Waals surface area (Å²) in [5.74, 6) is 1.34. The monoisotopic (exact) mass is 984 g/mol. The molecule has 0 radical (unpaired) electrons. The highest BCUT2D eigenvalue weighted by Crippen LogP contribution is 2.56. The molecule has 3 heteroatoms. The molecule has 2 aliphatic heterocycles. The number of nitrogens with zero attached hydrogens (tertiary/aromatic N) is 1. The lowest BCUT2D eigenvalue weighted by molar-refractivity contribution is 0.281. The van der Waals surface area contributed by atoms with Crippen molar-refractivity contribution in [2.75, 3.05) is 4.90 Å². The molecule has 0 spiro atoms. The first kappa shape index (κ1) is 51.4. The molecule has 1 unspecified atom stereocenters. The van der Waals surface area contributed by atoms with Gasteiger partial charge in [0.2, 0.25) is 0 Å². The molecule has 0 saturated heterocycles. The van der Waals surface area contributed by atoms with Gasteiger partial charge in [-0.05, 0) is 199 Å². The van der Waals surface area contributed by atoms with Gasteiger partial charge in [-0.3, -0.25) is 0 Å². The van der Waals surface area contributed by atoms with Gasteiger partial charge < -0.3 is 9.32 Å². The maximum Gasteiger partial charge on any atom is 0.292 e. The third-order valence-corrected chi connectivity index (χ3v) is 20.2. The highest BCUT2D eigenvalue weighted by Gasteiger charge is 2.52. The molecule has 0 bridgehead atoms. The van der Waals surface area contributed by atoms with Gasteiger partial charge in [-0.15, -0.1) is 0 Å². The van der Waals surface area contributed by atoms with E-state index in [4.69, 9.17) is 4.42 Å². The molecule has 0 N–H and O–H groups in total. The Morgan fingerprint density at radius 3 is 1.74 bits per heavy atom. The Hall–Kier alpha value is -4.76. The van der Waals surface area contributed by atoms with E-state index in [1.54, 1.807) is 0 Å². The molecule has 1 aromatic heterocycles. The molecule has 1 atom stereocenters. The first-order valence-electron chi connectivity index (χ1n) is 28.9. The van der Waals surface area contributed by atoms with E-state index in [1.807, 2.05) is 0 Å². The van der Waals surface area contributed by atoms with E-state index in [9.17, 15) is 0 Å². The molecule has 5 aliphatic rings. The van der Waals surface area contributed by atoms with Gasteiger partial charge in [-0.25, -0.2) is 0 Å². The topological polar surface area (TPSA) is 16.4 Å². The van der Waals surface area contributed by atoms with Crippen LogP contribution in [0.5, 0.6) is 0 Å². The summed E-state index contributed by atoms with van der Waals surface area (Å²) < 4.78 is 8.10. The first-order valence-corrected chi connectivity index (χ1v) is 28.9. The molecular weight excluding hydrogens is 894 g/mol. The summed E-state index contributed by atoms with van der Waals surface area (Å²) in [6.07, 6.45) is 8.95. The number of anilines is 3. The van der Waals surface area contributed by atoms with E-state index >= 15 is 0 Å². The predicted octanol–water partition coefficient (Wildman–Crippen LogP) is 17.6. The maximum absolute atomic E-state index is 8.10. The number of benzene rings is 5. The normalized spacial score (nSPS) is 21.5. The van der Waals surface area contributed by atoms with Crippen molar-refractivity contribution in [3.05, 3.63) is 151 Å². The van der Waals surface area contributed by atoms with E-state index in [0.717, 1.165) is 32.1 Å². The van der Waals surface area contributed by atoms with Gasteiger partial charge in [-0.2, -0.15) is 0 Å². The number of aryl methyl sites for hydroxylation is 3. The maximum atomic E-state index is 8.10. The molecule has 0 fully saturated rings. The van der Waals surface area contributed by atoms with Crippen molar-refractivity contribution in [3.8, 4) is 11.1 Å². The smallest absolute Gasteiger partial charge is 0.292 e. The van der Waals surface area contributed by atoms with Crippen LogP contribution in [0.15, 0.2) is 83.3 Å². The molecule has 2 nitrogen and oxygen atoms in total. The summed E-state index contributed by atoms with van der Waals surface area (Å²) >= 11 is 0. The number of rotatable bonds is 3. The zero-order chi connectivity index (χ0) is 53.4. The number of furan rings is 1. The minimum atomic E-state index is -0.111. The van der Waals surface area contributed by atoms with Gasteiger partial charge in [0.1, 0.15) is 5.76 Å². The Balaban J connectivity index is 1.26. The fourth-order valence-electron chi connectivity index (χ4n) is 15.2. The number of fused-ring (bicyclic) bond motifs is 9. The molecule has 3 heterocycles. The van der Waals surface area contributed by atoms with E-state index in [0.29, 0.717) is 0 Å². The minimum absolute atomic E-state index is 0.0144. The molecule has 388 valence electrons. The van der Waals surface area contributed by atoms with Crippen LogP contribution >= 0.6 is 0 Å². The summed E-state index contributed by atoms with van der Waals surface area (Å²) in [4.78, 5) is 2.73. The van der Waals surface area contributed by atoms with E-state index in [1.165, 1.54) is 137 Å². The number of hydrogen-bond acceptors (Lipinski definition) is 2. The van der Waals surface area contributed by atoms with Crippen molar-refractivity contribution in [2.24, 2.45) is 0 Å². The van der Waals surface area contributed by atoms with Crippen LogP contribution in [0.1, 0.15) is 248 Å². The third-order valence-electron chi connectivity index (χ3n) is 20.2. The summed E-state index contributed by atoms with van der Waals surface area (Å²) in [7, 11) is 0. The third kappa shape index (κ3) is 7.90. The van der Waals surface area contributed by atoms with Crippen molar-refractivity contribution in [2.45, 2.75) is 239 Å². The van der Waals surface area contributed by atoms with Gasteiger partial charge in [0.05, 0.1) is 5.66 Å². The largest absolute Gasteiger partial charge is 0.474 e. The van der Waals surface area contributed by atoms with Crippen LogP contribution < -0.4 is 21.5 Å². The van der Waals surface area contributed by atoms with Crippen molar-refractivity contribution in [3.63, 3.8) is 0 Å². The van der Waals surface area contributed by atoms with E-state index in [-0.39, 0.29) is 56.0 Å². The standard InChI is InChI=1S/C71H90BNO/c1-42-37-45-21-27-49(56-43(2)39-47(65(6,7)8)41-50(56)44-22-28-51-53(40-44)68(13,14)32-31-66(51,9)10)57-59-62(71(19,20)36-35-70(59,17)18)74-63(57)72-54-30-29-52-58(69(15,16)34-33-67(52,11)12)61(54)73(55(38-42)60(45)72)48-25-23-46(24-26-48)64(3,4)5/h22-26,28-30,37-41,49H,21,27,31-36H2,1-20H3. The summed E-state index contributed by atoms with van der Waals surface area (Å²) in [6.45, 7) is 48.9. The average molecular weight is 984 g/mol. The van der Waals surface area contributed by atoms with Crippen molar-refractivity contribution in [1.82, 2.24) is 0 Å². The quantitative estimate of drug-likeness (QED) is 0.164. The SMILES string of the molecule is Cc1cc2c3c(c1)N(c1ccc(C(C)(C)C)cc1)c1c(ccc4c1C(C)(C)CCC4(C)C)B3c1oc3c(c1C(c1c(C)cc(C(C)(C)C)cc1-c1ccc4c(c1)C(C)(C)CCC4(C)C)CC2)C(C)(C)CCC3(C)C. The van der Waals surface area contributed by atoms with Gasteiger partial charge in [0.15, 0.2) is 0 Å². The van der Waals surface area contributed by atoms with Gasteiger partial charge >= 0.3 is 0 Å². The summed E-state index contributed by atoms with van der Waals surface area (Å²) in [5, 5.41) is 0. The van der Waals surface area contributed by atoms with Crippen LogP contribution in [0, 0.1) is 13.8 Å². The van der Waals surface area contributed by atoms with Crippen LogP contribution in [-0.4, -0.2) is 6.71 Å². The summed E-state index contributed by atoms with van der Waals surface area (Å²) in [5.41, 5.74) is 28.4. The Morgan fingerprint density at radius 1 is 0.541 bits per heavy atom. The van der Waals surface area contributed by atoms with Crippen LogP contribution in [0.4, 0.5) is 17.1 Å². The van der Waals surface area contributed by atoms with Crippen LogP contribution in [0.3, 0.4) is 0 Å². The molecule has 11 rings (SSSR count). The van der Waals surface area contributed by atoms with Crippen molar-refractivity contribution >= 4 is 40.4 Å². The van der Waals surface area contributed by atoms with Crippen molar-refractivity contribution in [1.29, 1.82) is 0 Å². The highest BCUT2D eigenvalue weighted by molar-refractivity contribution is 6.98. The molecule has 0 saturated carbocycles. The zero-order valence-electron chi connectivity index (χ0n) is 49.7. The van der Waals surface area contributed by atoms with Crippen LogP contribution in [0.25, 0.3) is 11.1 Å². The lowest BCUT2D eigenvalue weighted by Gasteiger charge is -2.48. The van der Waals surface area contributed by atoms with Crippen LogP contribution in [0.2, 0.25) is 0 Å². The molecular formula is C71H90BNO.